The second-order valence-corrected chi connectivity index (χ2v) is 6.03. The highest BCUT2D eigenvalue weighted by Gasteiger charge is 2.08. The van der Waals surface area contributed by atoms with Crippen LogP contribution in [0.4, 0.5) is 23.1 Å². The van der Waals surface area contributed by atoms with E-state index in [1.165, 1.54) is 6.20 Å². The minimum absolute atomic E-state index is 0.323. The highest BCUT2D eigenvalue weighted by atomic mass is 35.5. The number of esters is 1. The number of benzene rings is 2. The fraction of sp³-hybridized carbons (Fsp3) is 0.158. The molecule has 2 aromatic carbocycles. The molecule has 0 aliphatic rings. The summed E-state index contributed by atoms with van der Waals surface area (Å²) >= 11 is 6.14. The van der Waals surface area contributed by atoms with Gasteiger partial charge in [-0.05, 0) is 55.8 Å². The molecule has 0 amide bonds. The quantitative estimate of drug-likeness (QED) is 0.606. The SMILES string of the molecule is CCOC(=O)c1ccc(Nc2nncc(Nc3cccc(Cl)c3C)n2)cc1. The van der Waals surface area contributed by atoms with Crippen LogP contribution in [0.1, 0.15) is 22.8 Å². The number of carbonyl (C=O) groups is 1. The normalized spacial score (nSPS) is 10.3. The van der Waals surface area contributed by atoms with Crippen LogP contribution in [-0.2, 0) is 4.74 Å². The van der Waals surface area contributed by atoms with E-state index in [0.29, 0.717) is 29.0 Å². The molecule has 0 saturated carbocycles. The smallest absolute Gasteiger partial charge is 0.338 e. The van der Waals surface area contributed by atoms with Crippen molar-refractivity contribution in [2.75, 3.05) is 17.2 Å². The van der Waals surface area contributed by atoms with Crippen molar-refractivity contribution < 1.29 is 9.53 Å². The Balaban J connectivity index is 1.72. The highest BCUT2D eigenvalue weighted by molar-refractivity contribution is 6.31. The summed E-state index contributed by atoms with van der Waals surface area (Å²) in [4.78, 5) is 16.1. The number of carbonyl (C=O) groups excluding carboxylic acids is 1. The van der Waals surface area contributed by atoms with Gasteiger partial charge in [0.05, 0.1) is 18.4 Å². The van der Waals surface area contributed by atoms with E-state index in [-0.39, 0.29) is 5.97 Å². The summed E-state index contributed by atoms with van der Waals surface area (Å²) in [6, 6.07) is 12.4. The number of rotatable bonds is 6. The highest BCUT2D eigenvalue weighted by Crippen LogP contribution is 2.25. The van der Waals surface area contributed by atoms with Crippen LogP contribution in [0.5, 0.6) is 0 Å². The van der Waals surface area contributed by atoms with Crippen molar-refractivity contribution in [3.63, 3.8) is 0 Å². The topological polar surface area (TPSA) is 89.0 Å². The Kier molecular flexibility index (Phi) is 5.83. The van der Waals surface area contributed by atoms with Crippen molar-refractivity contribution in [2.45, 2.75) is 13.8 Å². The van der Waals surface area contributed by atoms with Crippen molar-refractivity contribution in [1.82, 2.24) is 15.2 Å². The van der Waals surface area contributed by atoms with Crippen LogP contribution in [0.2, 0.25) is 5.02 Å². The first-order valence-electron chi connectivity index (χ1n) is 8.33. The zero-order valence-electron chi connectivity index (χ0n) is 14.9. The molecule has 2 N–H and O–H groups in total. The molecule has 27 heavy (non-hydrogen) atoms. The molecule has 0 unspecified atom stereocenters. The molecule has 0 saturated heterocycles. The molecule has 0 fully saturated rings. The van der Waals surface area contributed by atoms with Crippen LogP contribution < -0.4 is 10.6 Å². The van der Waals surface area contributed by atoms with Crippen molar-refractivity contribution >= 4 is 40.7 Å². The first kappa shape index (κ1) is 18.6. The molecule has 1 heterocycles. The van der Waals surface area contributed by atoms with Gasteiger partial charge in [0.1, 0.15) is 0 Å². The standard InChI is InChI=1S/C19H18ClN5O2/c1-3-27-18(26)13-7-9-14(10-8-13)22-19-24-17(11-21-25-19)23-16-6-4-5-15(20)12(16)2/h4-11H,3H2,1-2H3,(H2,22,23,24,25). The van der Waals surface area contributed by atoms with Gasteiger partial charge in [-0.25, -0.2) is 4.79 Å². The monoisotopic (exact) mass is 383 g/mol. The average molecular weight is 384 g/mol. The van der Waals surface area contributed by atoms with E-state index in [4.69, 9.17) is 16.3 Å². The van der Waals surface area contributed by atoms with E-state index >= 15 is 0 Å². The Labute approximate surface area is 161 Å². The Morgan fingerprint density at radius 2 is 1.93 bits per heavy atom. The molecule has 7 nitrogen and oxygen atoms in total. The Morgan fingerprint density at radius 1 is 1.15 bits per heavy atom. The maximum absolute atomic E-state index is 11.7. The van der Waals surface area contributed by atoms with Crippen molar-refractivity contribution in [2.24, 2.45) is 0 Å². The Hall–Kier alpha value is -3.19. The van der Waals surface area contributed by atoms with Crippen LogP contribution in [0.15, 0.2) is 48.7 Å². The Bertz CT molecular complexity index is 947. The Morgan fingerprint density at radius 3 is 2.67 bits per heavy atom. The summed E-state index contributed by atoms with van der Waals surface area (Å²) in [5, 5.41) is 14.8. The van der Waals surface area contributed by atoms with Gasteiger partial charge in [0.25, 0.3) is 0 Å². The number of halogens is 1. The first-order chi connectivity index (χ1) is 13.1. The fourth-order valence-electron chi connectivity index (χ4n) is 2.33. The first-order valence-corrected chi connectivity index (χ1v) is 8.70. The maximum Gasteiger partial charge on any atom is 0.338 e. The van der Waals surface area contributed by atoms with Gasteiger partial charge < -0.3 is 15.4 Å². The number of nitrogens with zero attached hydrogens (tertiary/aromatic N) is 3. The molecular formula is C19H18ClN5O2. The molecule has 1 aromatic heterocycles. The predicted octanol–water partition coefficient (Wildman–Crippen LogP) is 4.50. The van der Waals surface area contributed by atoms with E-state index in [1.54, 1.807) is 31.2 Å². The van der Waals surface area contributed by atoms with Gasteiger partial charge in [0, 0.05) is 16.4 Å². The van der Waals surface area contributed by atoms with Gasteiger partial charge in [0.2, 0.25) is 5.95 Å². The fourth-order valence-corrected chi connectivity index (χ4v) is 2.51. The number of hydrogen-bond donors (Lipinski definition) is 2. The molecule has 0 aliphatic carbocycles. The third-order valence-corrected chi connectivity index (χ3v) is 4.15. The number of hydrogen-bond acceptors (Lipinski definition) is 7. The molecule has 3 rings (SSSR count). The molecule has 0 atom stereocenters. The molecule has 0 bridgehead atoms. The lowest BCUT2D eigenvalue weighted by molar-refractivity contribution is 0.0526. The molecule has 0 spiro atoms. The molecule has 138 valence electrons. The lowest BCUT2D eigenvalue weighted by Crippen LogP contribution is -2.05. The molecule has 0 radical (unpaired) electrons. The number of ether oxygens (including phenoxy) is 1. The van der Waals surface area contributed by atoms with Crippen molar-refractivity contribution in [1.29, 1.82) is 0 Å². The summed E-state index contributed by atoms with van der Waals surface area (Å²) in [5.41, 5.74) is 2.96. The van der Waals surface area contributed by atoms with Crippen molar-refractivity contribution in [3.8, 4) is 0 Å². The minimum Gasteiger partial charge on any atom is -0.462 e. The van der Waals surface area contributed by atoms with E-state index in [0.717, 1.165) is 16.9 Å². The van der Waals surface area contributed by atoms with Crippen LogP contribution in [0, 0.1) is 6.92 Å². The molecule has 3 aromatic rings. The van der Waals surface area contributed by atoms with Gasteiger partial charge in [-0.1, -0.05) is 17.7 Å². The summed E-state index contributed by atoms with van der Waals surface area (Å²) in [6.07, 6.45) is 1.52. The summed E-state index contributed by atoms with van der Waals surface area (Å²) < 4.78 is 4.96. The van der Waals surface area contributed by atoms with E-state index in [9.17, 15) is 4.79 Å². The van der Waals surface area contributed by atoms with Gasteiger partial charge in [-0.3, -0.25) is 0 Å². The van der Waals surface area contributed by atoms with Crippen molar-refractivity contribution in [3.05, 3.63) is 64.8 Å². The van der Waals surface area contributed by atoms with Gasteiger partial charge in [0.15, 0.2) is 5.82 Å². The summed E-state index contributed by atoms with van der Waals surface area (Å²) in [6.45, 7) is 4.03. The van der Waals surface area contributed by atoms with Crippen LogP contribution >= 0.6 is 11.6 Å². The molecule has 8 heteroatoms. The summed E-state index contributed by atoms with van der Waals surface area (Å²) in [7, 11) is 0. The van der Waals surface area contributed by atoms with Gasteiger partial charge in [-0.2, -0.15) is 10.1 Å². The van der Waals surface area contributed by atoms with Gasteiger partial charge >= 0.3 is 5.97 Å². The van der Waals surface area contributed by atoms with E-state index < -0.39 is 0 Å². The number of anilines is 4. The maximum atomic E-state index is 11.7. The van der Waals surface area contributed by atoms with Crippen LogP contribution in [0.3, 0.4) is 0 Å². The lowest BCUT2D eigenvalue weighted by atomic mass is 10.2. The zero-order chi connectivity index (χ0) is 19.2. The zero-order valence-corrected chi connectivity index (χ0v) is 15.6. The molecule has 0 aliphatic heterocycles. The molecular weight excluding hydrogens is 366 g/mol. The third kappa shape index (κ3) is 4.71. The summed E-state index contributed by atoms with van der Waals surface area (Å²) in [5.74, 6) is 0.495. The predicted molar refractivity (Wildman–Crippen MR) is 105 cm³/mol. The van der Waals surface area contributed by atoms with Crippen LogP contribution in [0.25, 0.3) is 0 Å². The number of aromatic nitrogens is 3. The van der Waals surface area contributed by atoms with Crippen LogP contribution in [-0.4, -0.2) is 27.8 Å². The third-order valence-electron chi connectivity index (χ3n) is 3.74. The minimum atomic E-state index is -0.356. The average Bonchev–Trinajstić information content (AvgIpc) is 2.67. The van der Waals surface area contributed by atoms with E-state index in [1.807, 2.05) is 25.1 Å². The number of nitrogens with one attached hydrogen (secondary N) is 2. The lowest BCUT2D eigenvalue weighted by Gasteiger charge is -2.10. The largest absolute Gasteiger partial charge is 0.462 e. The second-order valence-electron chi connectivity index (χ2n) is 5.63. The second kappa shape index (κ2) is 8.46. The van der Waals surface area contributed by atoms with E-state index in [2.05, 4.69) is 25.8 Å². The van der Waals surface area contributed by atoms with Gasteiger partial charge in [-0.15, -0.1) is 5.10 Å².